The van der Waals surface area contributed by atoms with E-state index in [4.69, 9.17) is 14.5 Å². The first-order valence-corrected chi connectivity index (χ1v) is 10.7. The molecule has 1 aromatic carbocycles. The fourth-order valence-electron chi connectivity index (χ4n) is 4.54. The number of H-pyrrole nitrogens is 1. The Hall–Kier alpha value is -3.61. The summed E-state index contributed by atoms with van der Waals surface area (Å²) < 4.78 is 5.48. The highest BCUT2D eigenvalue weighted by atomic mass is 16.5. The van der Waals surface area contributed by atoms with Gasteiger partial charge in [-0.1, -0.05) is 11.2 Å². The minimum Gasteiger partial charge on any atom is -0.373 e. The van der Waals surface area contributed by atoms with E-state index >= 15 is 0 Å². The molecule has 1 saturated carbocycles. The van der Waals surface area contributed by atoms with E-state index in [0.29, 0.717) is 5.92 Å². The molecule has 0 radical (unpaired) electrons. The Labute approximate surface area is 180 Å². The molecule has 2 aliphatic rings. The molecule has 0 spiro atoms. The third-order valence-corrected chi connectivity index (χ3v) is 6.17. The van der Waals surface area contributed by atoms with Crippen molar-refractivity contribution in [1.82, 2.24) is 30.3 Å². The van der Waals surface area contributed by atoms with E-state index < -0.39 is 0 Å². The van der Waals surface area contributed by atoms with Crippen LogP contribution in [0, 0.1) is 13.8 Å². The number of aromatic nitrogens is 4. The maximum Gasteiger partial charge on any atom is 0.141 e. The number of fused-ring (bicyclic) bond motifs is 1. The molecular weight excluding hydrogens is 388 g/mol. The van der Waals surface area contributed by atoms with Gasteiger partial charge in [0, 0.05) is 35.6 Å². The average molecular weight is 412 g/mol. The average Bonchev–Trinajstić information content (AvgIpc) is 3.16. The molecule has 0 amide bonds. The number of hydrogen-bond donors (Lipinski definition) is 2. The van der Waals surface area contributed by atoms with Crippen LogP contribution in [0.2, 0.25) is 0 Å². The van der Waals surface area contributed by atoms with E-state index in [-0.39, 0.29) is 6.04 Å². The van der Waals surface area contributed by atoms with Crippen molar-refractivity contribution >= 4 is 11.0 Å². The number of hydrogen-bond acceptors (Lipinski definition) is 6. The summed E-state index contributed by atoms with van der Waals surface area (Å²) in [5.74, 6) is 2.45. The quantitative estimate of drug-likeness (QED) is 0.501. The molecule has 7 nitrogen and oxygen atoms in total. The SMILES string of the molecule is Cc1noc(C)c1-c1cc(C(c2ccccn2)N2C=CNC2)c2nc(C3CC3)[nH]c2c1. The molecule has 0 bridgehead atoms. The molecule has 1 atom stereocenters. The van der Waals surface area contributed by atoms with E-state index in [1.54, 1.807) is 0 Å². The molecule has 7 heteroatoms. The predicted octanol–water partition coefficient (Wildman–Crippen LogP) is 4.53. The molecule has 4 aromatic rings. The number of benzene rings is 1. The lowest BCUT2D eigenvalue weighted by atomic mass is 9.94. The number of aromatic amines is 1. The lowest BCUT2D eigenvalue weighted by Crippen LogP contribution is -2.27. The van der Waals surface area contributed by atoms with Gasteiger partial charge in [-0.3, -0.25) is 4.98 Å². The lowest BCUT2D eigenvalue weighted by Gasteiger charge is -2.28. The summed E-state index contributed by atoms with van der Waals surface area (Å²) in [7, 11) is 0. The van der Waals surface area contributed by atoms with Crippen molar-refractivity contribution in [3.05, 3.63) is 77.5 Å². The van der Waals surface area contributed by atoms with Gasteiger partial charge in [0.15, 0.2) is 0 Å². The molecule has 1 aliphatic carbocycles. The van der Waals surface area contributed by atoms with Gasteiger partial charge in [-0.25, -0.2) is 4.98 Å². The monoisotopic (exact) mass is 412 g/mol. The van der Waals surface area contributed by atoms with Crippen molar-refractivity contribution in [3.63, 3.8) is 0 Å². The molecule has 156 valence electrons. The smallest absolute Gasteiger partial charge is 0.141 e. The zero-order valence-corrected chi connectivity index (χ0v) is 17.6. The summed E-state index contributed by atoms with van der Waals surface area (Å²) in [6.45, 7) is 4.67. The first-order valence-electron chi connectivity index (χ1n) is 10.7. The lowest BCUT2D eigenvalue weighted by molar-refractivity contribution is 0.327. The van der Waals surface area contributed by atoms with Crippen LogP contribution in [-0.2, 0) is 0 Å². The number of nitrogens with zero attached hydrogens (tertiary/aromatic N) is 4. The minimum atomic E-state index is -0.0641. The maximum atomic E-state index is 5.48. The predicted molar refractivity (Wildman–Crippen MR) is 118 cm³/mol. The van der Waals surface area contributed by atoms with E-state index in [1.807, 2.05) is 38.4 Å². The van der Waals surface area contributed by atoms with Gasteiger partial charge in [0.2, 0.25) is 0 Å². The Morgan fingerprint density at radius 1 is 1.19 bits per heavy atom. The second-order valence-electron chi connectivity index (χ2n) is 8.41. The number of nitrogens with one attached hydrogen (secondary N) is 2. The van der Waals surface area contributed by atoms with Crippen LogP contribution in [0.3, 0.4) is 0 Å². The third kappa shape index (κ3) is 3.08. The summed E-state index contributed by atoms with van der Waals surface area (Å²) >= 11 is 0. The Balaban J connectivity index is 1.61. The second-order valence-corrected chi connectivity index (χ2v) is 8.41. The summed E-state index contributed by atoms with van der Waals surface area (Å²) in [4.78, 5) is 15.6. The van der Waals surface area contributed by atoms with Gasteiger partial charge in [-0.15, -0.1) is 0 Å². The molecule has 1 aliphatic heterocycles. The zero-order chi connectivity index (χ0) is 20.9. The van der Waals surface area contributed by atoms with Crippen molar-refractivity contribution in [2.45, 2.75) is 38.6 Å². The summed E-state index contributed by atoms with van der Waals surface area (Å²) in [6, 6.07) is 10.4. The zero-order valence-electron chi connectivity index (χ0n) is 17.6. The van der Waals surface area contributed by atoms with Crippen LogP contribution in [-0.4, -0.2) is 31.7 Å². The van der Waals surface area contributed by atoms with Gasteiger partial charge in [0.1, 0.15) is 17.6 Å². The van der Waals surface area contributed by atoms with Gasteiger partial charge < -0.3 is 19.7 Å². The van der Waals surface area contributed by atoms with E-state index in [1.165, 1.54) is 12.8 Å². The van der Waals surface area contributed by atoms with Crippen molar-refractivity contribution in [1.29, 1.82) is 0 Å². The van der Waals surface area contributed by atoms with Gasteiger partial charge in [0.05, 0.1) is 29.1 Å². The van der Waals surface area contributed by atoms with Crippen LogP contribution in [0.25, 0.3) is 22.2 Å². The van der Waals surface area contributed by atoms with Crippen molar-refractivity contribution in [2.75, 3.05) is 6.67 Å². The van der Waals surface area contributed by atoms with E-state index in [0.717, 1.165) is 57.4 Å². The van der Waals surface area contributed by atoms with Crippen LogP contribution in [0.5, 0.6) is 0 Å². The molecular formula is C24H24N6O. The molecule has 4 heterocycles. The minimum absolute atomic E-state index is 0.0641. The molecule has 1 unspecified atom stereocenters. The Morgan fingerprint density at radius 2 is 2.10 bits per heavy atom. The summed E-state index contributed by atoms with van der Waals surface area (Å²) in [6.07, 6.45) is 8.32. The molecule has 3 aromatic heterocycles. The summed E-state index contributed by atoms with van der Waals surface area (Å²) in [5, 5.41) is 7.48. The Morgan fingerprint density at radius 3 is 2.77 bits per heavy atom. The van der Waals surface area contributed by atoms with Crippen LogP contribution in [0.4, 0.5) is 0 Å². The second kappa shape index (κ2) is 6.97. The van der Waals surface area contributed by atoms with Gasteiger partial charge in [-0.2, -0.15) is 0 Å². The Bertz CT molecular complexity index is 1260. The van der Waals surface area contributed by atoms with Crippen LogP contribution in [0.15, 0.2) is 53.5 Å². The highest BCUT2D eigenvalue weighted by Crippen LogP contribution is 2.42. The molecule has 1 fully saturated rings. The standard InChI is InChI=1S/C24H24N6O/c1-14-21(15(2)31-29-14)17-11-18(22-20(12-17)27-24(28-22)16-6-7-16)23(30-10-9-25-13-30)19-5-3-4-8-26-19/h3-5,8-12,16,23,25H,6-7,13H2,1-2H3,(H,27,28). The molecule has 2 N–H and O–H groups in total. The summed E-state index contributed by atoms with van der Waals surface area (Å²) in [5.41, 5.74) is 7.19. The number of rotatable bonds is 5. The molecule has 6 rings (SSSR count). The largest absolute Gasteiger partial charge is 0.373 e. The molecule has 31 heavy (non-hydrogen) atoms. The fourth-order valence-corrected chi connectivity index (χ4v) is 4.54. The van der Waals surface area contributed by atoms with Crippen molar-refractivity contribution in [3.8, 4) is 11.1 Å². The number of pyridine rings is 1. The van der Waals surface area contributed by atoms with Crippen molar-refractivity contribution < 1.29 is 4.52 Å². The van der Waals surface area contributed by atoms with E-state index in [2.05, 4.69) is 44.8 Å². The first kappa shape index (κ1) is 18.2. The first-order chi connectivity index (χ1) is 15.2. The van der Waals surface area contributed by atoms with Gasteiger partial charge >= 0.3 is 0 Å². The number of imidazole rings is 1. The van der Waals surface area contributed by atoms with Crippen LogP contribution >= 0.6 is 0 Å². The normalized spacial score (nSPS) is 16.8. The highest BCUT2D eigenvalue weighted by Gasteiger charge is 2.31. The maximum absolute atomic E-state index is 5.48. The Kier molecular flexibility index (Phi) is 4.09. The van der Waals surface area contributed by atoms with Crippen LogP contribution < -0.4 is 5.32 Å². The van der Waals surface area contributed by atoms with E-state index in [9.17, 15) is 0 Å². The van der Waals surface area contributed by atoms with Gasteiger partial charge in [-0.05, 0) is 56.5 Å². The fraction of sp³-hybridized carbons (Fsp3) is 0.292. The van der Waals surface area contributed by atoms with Crippen molar-refractivity contribution in [2.24, 2.45) is 0 Å². The molecule has 0 saturated heterocycles. The highest BCUT2D eigenvalue weighted by molar-refractivity contribution is 5.87. The number of aryl methyl sites for hydroxylation is 2. The topological polar surface area (TPSA) is 82.9 Å². The van der Waals surface area contributed by atoms with Crippen LogP contribution in [0.1, 0.15) is 53.3 Å². The third-order valence-electron chi connectivity index (χ3n) is 6.17. The van der Waals surface area contributed by atoms with Gasteiger partial charge in [0.25, 0.3) is 0 Å².